The number of fused-ring (bicyclic) bond motifs is 2. The fourth-order valence-electron chi connectivity index (χ4n) is 3.86. The summed E-state index contributed by atoms with van der Waals surface area (Å²) in [6.07, 6.45) is 3.44. The van der Waals surface area contributed by atoms with Crippen LogP contribution in [0.1, 0.15) is 47.4 Å². The molecule has 0 unspecified atom stereocenters. The minimum absolute atomic E-state index is 0.213. The third-order valence-corrected chi connectivity index (χ3v) is 5.42. The summed E-state index contributed by atoms with van der Waals surface area (Å²) in [6, 6.07) is 14.4. The summed E-state index contributed by atoms with van der Waals surface area (Å²) < 4.78 is 5.40. The van der Waals surface area contributed by atoms with E-state index in [9.17, 15) is 14.7 Å². The number of pyridine rings is 1. The van der Waals surface area contributed by atoms with Crippen molar-refractivity contribution in [3.8, 4) is 5.75 Å². The molecule has 0 bridgehead atoms. The Morgan fingerprint density at radius 3 is 2.62 bits per heavy atom. The van der Waals surface area contributed by atoms with E-state index in [1.54, 1.807) is 12.1 Å². The molecule has 1 heterocycles. The molecule has 2 N–H and O–H groups in total. The van der Waals surface area contributed by atoms with Gasteiger partial charge in [0, 0.05) is 11.9 Å². The highest BCUT2D eigenvalue weighted by molar-refractivity contribution is 6.07. The highest BCUT2D eigenvalue weighted by Crippen LogP contribution is 2.37. The van der Waals surface area contributed by atoms with Crippen LogP contribution in [0.25, 0.3) is 22.6 Å². The molecule has 0 radical (unpaired) electrons. The summed E-state index contributed by atoms with van der Waals surface area (Å²) >= 11 is 0. The molecule has 2 aromatic carbocycles. The van der Waals surface area contributed by atoms with Crippen LogP contribution in [-0.2, 0) is 16.0 Å². The zero-order chi connectivity index (χ0) is 22.7. The highest BCUT2D eigenvalue weighted by Gasteiger charge is 2.27. The van der Waals surface area contributed by atoms with Crippen molar-refractivity contribution < 1.29 is 19.4 Å². The van der Waals surface area contributed by atoms with Crippen molar-refractivity contribution in [2.45, 2.75) is 26.7 Å². The Bertz CT molecular complexity index is 1200. The van der Waals surface area contributed by atoms with Crippen molar-refractivity contribution in [3.63, 3.8) is 0 Å². The van der Waals surface area contributed by atoms with Gasteiger partial charge in [-0.15, -0.1) is 0 Å². The molecule has 1 amide bonds. The number of phenols is 1. The number of aromatic nitrogens is 1. The highest BCUT2D eigenvalue weighted by atomic mass is 16.5. The SMILES string of the molecule is CC(C)CNC(=O)COC(=O)c1c2c(nc3ccccc13)/C(=C\c1ccc(O)cc1)CC2. The lowest BCUT2D eigenvalue weighted by Crippen LogP contribution is -2.31. The second-order valence-electron chi connectivity index (χ2n) is 8.37. The Kier molecular flexibility index (Phi) is 6.21. The van der Waals surface area contributed by atoms with E-state index in [0.717, 1.165) is 34.2 Å². The van der Waals surface area contributed by atoms with Crippen LogP contribution in [0.15, 0.2) is 48.5 Å². The van der Waals surface area contributed by atoms with Gasteiger partial charge in [0.1, 0.15) is 5.75 Å². The maximum atomic E-state index is 13.1. The van der Waals surface area contributed by atoms with Crippen molar-refractivity contribution in [2.24, 2.45) is 5.92 Å². The van der Waals surface area contributed by atoms with Crippen LogP contribution in [-0.4, -0.2) is 35.1 Å². The third-order valence-electron chi connectivity index (χ3n) is 5.42. The average molecular weight is 431 g/mol. The second kappa shape index (κ2) is 9.22. The summed E-state index contributed by atoms with van der Waals surface area (Å²) in [7, 11) is 0. The number of allylic oxidation sites excluding steroid dienone is 1. The largest absolute Gasteiger partial charge is 0.508 e. The first kappa shape index (κ1) is 21.6. The molecule has 0 saturated heterocycles. The zero-order valence-corrected chi connectivity index (χ0v) is 18.2. The lowest BCUT2D eigenvalue weighted by Gasteiger charge is -2.13. The fraction of sp³-hybridized carbons (Fsp3) is 0.269. The summed E-state index contributed by atoms with van der Waals surface area (Å²) in [5.41, 5.74) is 4.80. The number of carbonyl (C=O) groups excluding carboxylic acids is 2. The van der Waals surface area contributed by atoms with E-state index in [0.29, 0.717) is 30.0 Å². The number of para-hydroxylation sites is 1. The minimum atomic E-state index is -0.509. The predicted octanol–water partition coefficient (Wildman–Crippen LogP) is 4.36. The summed E-state index contributed by atoms with van der Waals surface area (Å²) in [4.78, 5) is 30.0. The molecule has 1 aliphatic rings. The molecular formula is C26H26N2O4. The van der Waals surface area contributed by atoms with Crippen LogP contribution in [0.5, 0.6) is 5.75 Å². The first-order chi connectivity index (χ1) is 15.4. The standard InChI is InChI=1S/C26H26N2O4/c1-16(2)14-27-23(30)15-32-26(31)24-20-5-3-4-6-22(20)28-25-18(9-12-21(24)25)13-17-7-10-19(29)11-8-17/h3-8,10-11,13,16,29H,9,12,14-15H2,1-2H3,(H,27,30)/b18-13-. The minimum Gasteiger partial charge on any atom is -0.508 e. The number of phenolic OH excluding ortho intramolecular Hbond substituents is 1. The molecule has 4 rings (SSSR count). The molecule has 0 fully saturated rings. The van der Waals surface area contributed by atoms with E-state index in [1.165, 1.54) is 0 Å². The van der Waals surface area contributed by atoms with E-state index in [4.69, 9.17) is 9.72 Å². The van der Waals surface area contributed by atoms with Crippen molar-refractivity contribution in [1.82, 2.24) is 10.3 Å². The number of rotatable bonds is 6. The van der Waals surface area contributed by atoms with Crippen LogP contribution >= 0.6 is 0 Å². The lowest BCUT2D eigenvalue weighted by atomic mass is 10.0. The molecule has 0 atom stereocenters. The van der Waals surface area contributed by atoms with Gasteiger partial charge in [0.25, 0.3) is 5.91 Å². The van der Waals surface area contributed by atoms with Crippen LogP contribution in [0.4, 0.5) is 0 Å². The van der Waals surface area contributed by atoms with Crippen LogP contribution < -0.4 is 5.32 Å². The Morgan fingerprint density at radius 2 is 1.88 bits per heavy atom. The van der Waals surface area contributed by atoms with Gasteiger partial charge in [0.05, 0.1) is 16.8 Å². The molecule has 6 heteroatoms. The van der Waals surface area contributed by atoms with Gasteiger partial charge in [-0.3, -0.25) is 4.79 Å². The number of ether oxygens (including phenoxy) is 1. The van der Waals surface area contributed by atoms with Gasteiger partial charge in [-0.25, -0.2) is 9.78 Å². The van der Waals surface area contributed by atoms with E-state index in [2.05, 4.69) is 5.32 Å². The van der Waals surface area contributed by atoms with Crippen molar-refractivity contribution in [2.75, 3.05) is 13.2 Å². The second-order valence-corrected chi connectivity index (χ2v) is 8.37. The number of nitrogens with one attached hydrogen (secondary N) is 1. The first-order valence-corrected chi connectivity index (χ1v) is 10.8. The number of nitrogens with zero attached hydrogens (tertiary/aromatic N) is 1. The number of benzene rings is 2. The molecule has 1 aromatic heterocycles. The van der Waals surface area contributed by atoms with Crippen molar-refractivity contribution >= 4 is 34.4 Å². The molecule has 0 spiro atoms. The van der Waals surface area contributed by atoms with E-state index < -0.39 is 5.97 Å². The smallest absolute Gasteiger partial charge is 0.339 e. The molecule has 32 heavy (non-hydrogen) atoms. The van der Waals surface area contributed by atoms with Gasteiger partial charge in [-0.2, -0.15) is 0 Å². The van der Waals surface area contributed by atoms with E-state index in [1.807, 2.05) is 56.3 Å². The number of aromatic hydroxyl groups is 1. The van der Waals surface area contributed by atoms with Gasteiger partial charge in [0.2, 0.25) is 0 Å². The number of amides is 1. The van der Waals surface area contributed by atoms with Crippen molar-refractivity contribution in [3.05, 3.63) is 70.9 Å². The third kappa shape index (κ3) is 4.64. The van der Waals surface area contributed by atoms with Gasteiger partial charge in [-0.1, -0.05) is 44.2 Å². The summed E-state index contributed by atoms with van der Waals surface area (Å²) in [6.45, 7) is 4.23. The number of hydrogen-bond donors (Lipinski definition) is 2. The zero-order valence-electron chi connectivity index (χ0n) is 18.2. The van der Waals surface area contributed by atoms with E-state index in [-0.39, 0.29) is 18.3 Å². The Balaban J connectivity index is 1.67. The number of esters is 1. The van der Waals surface area contributed by atoms with Gasteiger partial charge < -0.3 is 15.2 Å². The average Bonchev–Trinajstić information content (AvgIpc) is 3.17. The molecule has 6 nitrogen and oxygen atoms in total. The maximum absolute atomic E-state index is 13.1. The first-order valence-electron chi connectivity index (χ1n) is 10.8. The summed E-state index contributed by atoms with van der Waals surface area (Å²) in [5, 5.41) is 13.0. The van der Waals surface area contributed by atoms with Crippen molar-refractivity contribution in [1.29, 1.82) is 0 Å². The molecule has 1 aliphatic carbocycles. The Labute approximate surface area is 186 Å². The van der Waals surface area contributed by atoms with Crippen LogP contribution in [0, 0.1) is 5.92 Å². The number of hydrogen-bond acceptors (Lipinski definition) is 5. The molecule has 0 aliphatic heterocycles. The number of carbonyl (C=O) groups is 2. The predicted molar refractivity (Wildman–Crippen MR) is 124 cm³/mol. The lowest BCUT2D eigenvalue weighted by molar-refractivity contribution is -0.124. The molecular weight excluding hydrogens is 404 g/mol. The van der Waals surface area contributed by atoms with Crippen LogP contribution in [0.3, 0.4) is 0 Å². The van der Waals surface area contributed by atoms with Gasteiger partial charge >= 0.3 is 5.97 Å². The monoisotopic (exact) mass is 430 g/mol. The van der Waals surface area contributed by atoms with Crippen LogP contribution in [0.2, 0.25) is 0 Å². The quantitative estimate of drug-likeness (QED) is 0.568. The summed E-state index contributed by atoms with van der Waals surface area (Å²) in [5.74, 6) is -0.285. The van der Waals surface area contributed by atoms with Gasteiger partial charge in [-0.05, 0) is 59.7 Å². The van der Waals surface area contributed by atoms with Gasteiger partial charge in [0.15, 0.2) is 6.61 Å². The Hall–Kier alpha value is -3.67. The van der Waals surface area contributed by atoms with E-state index >= 15 is 0 Å². The normalized spacial score (nSPS) is 14.0. The Morgan fingerprint density at radius 1 is 1.12 bits per heavy atom. The maximum Gasteiger partial charge on any atom is 0.339 e. The molecule has 3 aromatic rings. The molecule has 164 valence electrons. The topological polar surface area (TPSA) is 88.5 Å². The fourth-order valence-corrected chi connectivity index (χ4v) is 3.86. The molecule has 0 saturated carbocycles.